The molecule has 2 aromatic carbocycles. The Morgan fingerprint density at radius 2 is 1.92 bits per heavy atom. The van der Waals surface area contributed by atoms with Crippen molar-refractivity contribution in [1.29, 1.82) is 0 Å². The summed E-state index contributed by atoms with van der Waals surface area (Å²) >= 11 is 3.32. The van der Waals surface area contributed by atoms with E-state index >= 15 is 0 Å². The van der Waals surface area contributed by atoms with Crippen molar-refractivity contribution in [2.24, 2.45) is 0 Å². The summed E-state index contributed by atoms with van der Waals surface area (Å²) in [5.41, 5.74) is 1.73. The highest BCUT2D eigenvalue weighted by molar-refractivity contribution is 9.10. The van der Waals surface area contributed by atoms with Gasteiger partial charge in [-0.3, -0.25) is 4.79 Å². The van der Waals surface area contributed by atoms with Crippen molar-refractivity contribution in [1.82, 2.24) is 5.32 Å². The second-order valence-corrected chi connectivity index (χ2v) is 6.14. The van der Waals surface area contributed by atoms with Crippen molar-refractivity contribution in [2.75, 3.05) is 13.2 Å². The monoisotopic (exact) mass is 403 g/mol. The molecule has 25 heavy (non-hydrogen) atoms. The van der Waals surface area contributed by atoms with Gasteiger partial charge in [-0.05, 0) is 36.3 Å². The Balaban J connectivity index is 1.85. The zero-order valence-electron chi connectivity index (χ0n) is 13.4. The van der Waals surface area contributed by atoms with Crippen molar-refractivity contribution < 1.29 is 19.4 Å². The summed E-state index contributed by atoms with van der Waals surface area (Å²) in [5, 5.41) is 11.5. The highest BCUT2D eigenvalue weighted by Gasteiger charge is 2.06. The van der Waals surface area contributed by atoms with Crippen LogP contribution in [-0.4, -0.2) is 30.1 Å². The molecule has 0 aliphatic carbocycles. The number of hydrogen-bond donors (Lipinski definition) is 2. The summed E-state index contributed by atoms with van der Waals surface area (Å²) in [6.45, 7) is 0.392. The molecule has 0 fully saturated rings. The van der Waals surface area contributed by atoms with Crippen LogP contribution in [0, 0.1) is 0 Å². The molecule has 2 N–H and O–H groups in total. The molecule has 0 aromatic heterocycles. The number of carboxylic acid groups (broad SMARTS) is 1. The normalized spacial score (nSPS) is 10.6. The first kappa shape index (κ1) is 18.7. The van der Waals surface area contributed by atoms with E-state index in [1.807, 2.05) is 30.3 Å². The molecule has 5 nitrogen and oxygen atoms in total. The van der Waals surface area contributed by atoms with E-state index in [1.54, 1.807) is 18.2 Å². The summed E-state index contributed by atoms with van der Waals surface area (Å²) < 4.78 is 6.30. The fourth-order valence-corrected chi connectivity index (χ4v) is 2.51. The standard InChI is InChI=1S/C19H18BrNO4/c20-16-7-8-17(15(12-16)6-9-19(23)24)25-13-18(22)21-11-10-14-4-2-1-3-5-14/h1-9,12H,10-11,13H2,(H,21,22)(H,23,24). The molecule has 0 atom stereocenters. The molecule has 0 unspecified atom stereocenters. The molecule has 0 heterocycles. The van der Waals surface area contributed by atoms with E-state index in [2.05, 4.69) is 21.2 Å². The van der Waals surface area contributed by atoms with Crippen LogP contribution in [0.1, 0.15) is 11.1 Å². The van der Waals surface area contributed by atoms with Crippen LogP contribution in [0.25, 0.3) is 6.08 Å². The van der Waals surface area contributed by atoms with Gasteiger partial charge in [0.25, 0.3) is 5.91 Å². The average molecular weight is 404 g/mol. The number of carbonyl (C=O) groups excluding carboxylic acids is 1. The summed E-state index contributed by atoms with van der Waals surface area (Å²) in [4.78, 5) is 22.6. The lowest BCUT2D eigenvalue weighted by atomic mass is 10.1. The van der Waals surface area contributed by atoms with Crippen LogP contribution in [0.2, 0.25) is 0 Å². The van der Waals surface area contributed by atoms with Crippen LogP contribution in [-0.2, 0) is 16.0 Å². The van der Waals surface area contributed by atoms with Crippen LogP contribution in [0.3, 0.4) is 0 Å². The number of benzene rings is 2. The van der Waals surface area contributed by atoms with Gasteiger partial charge in [-0.15, -0.1) is 0 Å². The molecule has 0 spiro atoms. The number of nitrogens with one attached hydrogen (secondary N) is 1. The van der Waals surface area contributed by atoms with Gasteiger partial charge in [0.2, 0.25) is 0 Å². The average Bonchev–Trinajstić information content (AvgIpc) is 2.60. The first-order chi connectivity index (χ1) is 12.0. The molecule has 0 aliphatic rings. The fraction of sp³-hybridized carbons (Fsp3) is 0.158. The van der Waals surface area contributed by atoms with Crippen LogP contribution in [0.4, 0.5) is 0 Å². The van der Waals surface area contributed by atoms with E-state index in [0.717, 1.165) is 22.5 Å². The second kappa shape index (κ2) is 9.64. The molecule has 0 saturated heterocycles. The third-order valence-electron chi connectivity index (χ3n) is 3.31. The minimum atomic E-state index is -1.05. The minimum Gasteiger partial charge on any atom is -0.483 e. The van der Waals surface area contributed by atoms with Gasteiger partial charge in [-0.25, -0.2) is 4.79 Å². The smallest absolute Gasteiger partial charge is 0.328 e. The Kier molecular flexibility index (Phi) is 7.22. The quantitative estimate of drug-likeness (QED) is 0.663. The predicted octanol–water partition coefficient (Wildman–Crippen LogP) is 3.28. The Bertz CT molecular complexity index is 759. The van der Waals surface area contributed by atoms with E-state index < -0.39 is 5.97 Å². The third-order valence-corrected chi connectivity index (χ3v) is 3.81. The van der Waals surface area contributed by atoms with Gasteiger partial charge >= 0.3 is 5.97 Å². The molecule has 1 amide bonds. The van der Waals surface area contributed by atoms with Crippen LogP contribution in [0.15, 0.2) is 59.1 Å². The van der Waals surface area contributed by atoms with Gasteiger partial charge in [0, 0.05) is 22.7 Å². The number of aliphatic carboxylic acids is 1. The largest absolute Gasteiger partial charge is 0.483 e. The predicted molar refractivity (Wildman–Crippen MR) is 99.5 cm³/mol. The number of halogens is 1. The Hall–Kier alpha value is -2.60. The highest BCUT2D eigenvalue weighted by Crippen LogP contribution is 2.24. The maximum absolute atomic E-state index is 11.9. The molecular formula is C19H18BrNO4. The van der Waals surface area contributed by atoms with Gasteiger partial charge in [0.1, 0.15) is 5.75 Å². The number of hydrogen-bond acceptors (Lipinski definition) is 3. The molecule has 0 bridgehead atoms. The second-order valence-electron chi connectivity index (χ2n) is 5.23. The summed E-state index contributed by atoms with van der Waals surface area (Å²) in [5.74, 6) is -0.837. The molecule has 130 valence electrons. The summed E-state index contributed by atoms with van der Waals surface area (Å²) in [7, 11) is 0. The van der Waals surface area contributed by atoms with Crippen LogP contribution < -0.4 is 10.1 Å². The lowest BCUT2D eigenvalue weighted by Crippen LogP contribution is -2.30. The first-order valence-electron chi connectivity index (χ1n) is 7.68. The van der Waals surface area contributed by atoms with Crippen molar-refractivity contribution in [3.63, 3.8) is 0 Å². The molecule has 2 aromatic rings. The molecule has 0 saturated carbocycles. The van der Waals surface area contributed by atoms with E-state index in [4.69, 9.17) is 9.84 Å². The summed E-state index contributed by atoms with van der Waals surface area (Å²) in [6.07, 6.45) is 3.20. The molecule has 0 radical (unpaired) electrons. The zero-order valence-corrected chi connectivity index (χ0v) is 15.0. The summed E-state index contributed by atoms with van der Waals surface area (Å²) in [6, 6.07) is 15.0. The molecule has 2 rings (SSSR count). The van der Waals surface area contributed by atoms with Crippen molar-refractivity contribution in [3.8, 4) is 5.75 Å². The lowest BCUT2D eigenvalue weighted by molar-refractivity contribution is -0.131. The van der Waals surface area contributed by atoms with Gasteiger partial charge < -0.3 is 15.2 Å². The first-order valence-corrected chi connectivity index (χ1v) is 8.48. The van der Waals surface area contributed by atoms with E-state index in [0.29, 0.717) is 17.9 Å². The molecular weight excluding hydrogens is 386 g/mol. The Labute approximate surface area is 154 Å². The number of carbonyl (C=O) groups is 2. The Morgan fingerprint density at radius 3 is 2.64 bits per heavy atom. The maximum Gasteiger partial charge on any atom is 0.328 e. The fourth-order valence-electron chi connectivity index (χ4n) is 2.13. The van der Waals surface area contributed by atoms with Crippen LogP contribution in [0.5, 0.6) is 5.75 Å². The minimum absolute atomic E-state index is 0.135. The number of amides is 1. The van der Waals surface area contributed by atoms with E-state index in [-0.39, 0.29) is 12.5 Å². The number of rotatable bonds is 8. The van der Waals surface area contributed by atoms with Gasteiger partial charge in [0.15, 0.2) is 6.61 Å². The topological polar surface area (TPSA) is 75.6 Å². The van der Waals surface area contributed by atoms with Crippen LogP contribution >= 0.6 is 15.9 Å². The number of carboxylic acids is 1. The van der Waals surface area contributed by atoms with Gasteiger partial charge in [-0.1, -0.05) is 46.3 Å². The van der Waals surface area contributed by atoms with E-state index in [1.165, 1.54) is 6.08 Å². The third kappa shape index (κ3) is 6.81. The highest BCUT2D eigenvalue weighted by atomic mass is 79.9. The van der Waals surface area contributed by atoms with Crippen molar-refractivity contribution in [2.45, 2.75) is 6.42 Å². The van der Waals surface area contributed by atoms with E-state index in [9.17, 15) is 9.59 Å². The maximum atomic E-state index is 11.9. The number of ether oxygens (including phenoxy) is 1. The SMILES string of the molecule is O=C(O)C=Cc1cc(Br)ccc1OCC(=O)NCCc1ccccc1. The van der Waals surface area contributed by atoms with Crippen molar-refractivity contribution >= 4 is 33.9 Å². The van der Waals surface area contributed by atoms with Crippen molar-refractivity contribution in [3.05, 3.63) is 70.2 Å². The van der Waals surface area contributed by atoms with Gasteiger partial charge in [0.05, 0.1) is 0 Å². The van der Waals surface area contributed by atoms with Gasteiger partial charge in [-0.2, -0.15) is 0 Å². The zero-order chi connectivity index (χ0) is 18.1. The molecule has 0 aliphatic heterocycles. The molecule has 6 heteroatoms. The Morgan fingerprint density at radius 1 is 1.16 bits per heavy atom. The lowest BCUT2D eigenvalue weighted by Gasteiger charge is -2.10.